The van der Waals surface area contributed by atoms with Crippen LogP contribution in [0.5, 0.6) is 0 Å². The second-order valence-electron chi connectivity index (χ2n) is 5.48. The molecule has 1 aliphatic heterocycles. The SMILES string of the molecule is CC(=O)N1CC[C@@H](CNC(=O)c2csc3ccccc23)C1. The summed E-state index contributed by atoms with van der Waals surface area (Å²) in [5, 5.41) is 5.93. The zero-order valence-corrected chi connectivity index (χ0v) is 12.8. The smallest absolute Gasteiger partial charge is 0.252 e. The van der Waals surface area contributed by atoms with Crippen molar-refractivity contribution in [2.45, 2.75) is 13.3 Å². The molecule has 1 atom stereocenters. The lowest BCUT2D eigenvalue weighted by atomic mass is 10.1. The highest BCUT2D eigenvalue weighted by Crippen LogP contribution is 2.25. The largest absolute Gasteiger partial charge is 0.352 e. The van der Waals surface area contributed by atoms with Gasteiger partial charge in [-0.1, -0.05) is 18.2 Å². The number of hydrogen-bond donors (Lipinski definition) is 1. The van der Waals surface area contributed by atoms with E-state index in [1.54, 1.807) is 18.3 Å². The van der Waals surface area contributed by atoms with Crippen molar-refractivity contribution in [2.75, 3.05) is 19.6 Å². The number of fused-ring (bicyclic) bond motifs is 1. The van der Waals surface area contributed by atoms with Gasteiger partial charge in [0.25, 0.3) is 5.91 Å². The lowest BCUT2D eigenvalue weighted by Crippen LogP contribution is -2.32. The van der Waals surface area contributed by atoms with Gasteiger partial charge >= 0.3 is 0 Å². The number of nitrogens with one attached hydrogen (secondary N) is 1. The van der Waals surface area contributed by atoms with E-state index in [0.717, 1.165) is 35.2 Å². The second-order valence-corrected chi connectivity index (χ2v) is 6.39. The summed E-state index contributed by atoms with van der Waals surface area (Å²) in [7, 11) is 0. The molecule has 110 valence electrons. The van der Waals surface area contributed by atoms with Gasteiger partial charge in [-0.15, -0.1) is 11.3 Å². The van der Waals surface area contributed by atoms with Crippen LogP contribution in [0, 0.1) is 5.92 Å². The maximum absolute atomic E-state index is 12.3. The fourth-order valence-electron chi connectivity index (χ4n) is 2.77. The zero-order chi connectivity index (χ0) is 14.8. The van der Waals surface area contributed by atoms with Crippen LogP contribution in [0.4, 0.5) is 0 Å². The Balaban J connectivity index is 1.61. The number of benzene rings is 1. The van der Waals surface area contributed by atoms with Crippen LogP contribution in [0.1, 0.15) is 23.7 Å². The van der Waals surface area contributed by atoms with Crippen molar-refractivity contribution in [3.05, 3.63) is 35.2 Å². The van der Waals surface area contributed by atoms with E-state index in [9.17, 15) is 9.59 Å². The van der Waals surface area contributed by atoms with Crippen molar-refractivity contribution < 1.29 is 9.59 Å². The van der Waals surface area contributed by atoms with Crippen LogP contribution in [0.25, 0.3) is 10.1 Å². The van der Waals surface area contributed by atoms with Crippen LogP contribution in [0.15, 0.2) is 29.6 Å². The number of carbonyl (C=O) groups is 2. The normalized spacial score (nSPS) is 18.1. The lowest BCUT2D eigenvalue weighted by molar-refractivity contribution is -0.127. The van der Waals surface area contributed by atoms with E-state index < -0.39 is 0 Å². The molecule has 2 heterocycles. The lowest BCUT2D eigenvalue weighted by Gasteiger charge is -2.14. The fraction of sp³-hybridized carbons (Fsp3) is 0.375. The summed E-state index contributed by atoms with van der Waals surface area (Å²) in [6.07, 6.45) is 0.963. The predicted octanol–water partition coefficient (Wildman–Crippen LogP) is 2.50. The highest BCUT2D eigenvalue weighted by molar-refractivity contribution is 7.17. The van der Waals surface area contributed by atoms with Crippen molar-refractivity contribution in [1.29, 1.82) is 0 Å². The topological polar surface area (TPSA) is 49.4 Å². The summed E-state index contributed by atoms with van der Waals surface area (Å²) in [4.78, 5) is 25.5. The van der Waals surface area contributed by atoms with Crippen LogP contribution >= 0.6 is 11.3 Å². The van der Waals surface area contributed by atoms with Crippen molar-refractivity contribution in [1.82, 2.24) is 10.2 Å². The van der Waals surface area contributed by atoms with Gasteiger partial charge < -0.3 is 10.2 Å². The molecule has 1 aromatic heterocycles. The number of thiophene rings is 1. The summed E-state index contributed by atoms with van der Waals surface area (Å²) >= 11 is 1.59. The molecular formula is C16H18N2O2S. The molecule has 1 N–H and O–H groups in total. The van der Waals surface area contributed by atoms with E-state index in [0.29, 0.717) is 12.5 Å². The first kappa shape index (κ1) is 14.1. The fourth-order valence-corrected chi connectivity index (χ4v) is 3.71. The first-order valence-electron chi connectivity index (χ1n) is 7.15. The van der Waals surface area contributed by atoms with Gasteiger partial charge in [0.2, 0.25) is 5.91 Å². The monoisotopic (exact) mass is 302 g/mol. The molecule has 2 amide bonds. The predicted molar refractivity (Wildman–Crippen MR) is 84.5 cm³/mol. The third-order valence-corrected chi connectivity index (χ3v) is 4.97. The number of nitrogens with zero attached hydrogens (tertiary/aromatic N) is 1. The molecule has 3 rings (SSSR count). The molecule has 4 nitrogen and oxygen atoms in total. The number of rotatable bonds is 3. The van der Waals surface area contributed by atoms with Gasteiger partial charge in [0.15, 0.2) is 0 Å². The quantitative estimate of drug-likeness (QED) is 0.947. The maximum atomic E-state index is 12.3. The minimum atomic E-state index is -0.0197. The van der Waals surface area contributed by atoms with Gasteiger partial charge in [0.1, 0.15) is 0 Å². The number of hydrogen-bond acceptors (Lipinski definition) is 3. The van der Waals surface area contributed by atoms with Gasteiger partial charge in [0.05, 0.1) is 5.56 Å². The van der Waals surface area contributed by atoms with Gasteiger partial charge in [-0.3, -0.25) is 9.59 Å². The van der Waals surface area contributed by atoms with Gasteiger partial charge in [-0.25, -0.2) is 0 Å². The Labute approximate surface area is 127 Å². The molecule has 0 unspecified atom stereocenters. The third kappa shape index (κ3) is 2.93. The highest BCUT2D eigenvalue weighted by Gasteiger charge is 2.24. The summed E-state index contributed by atoms with van der Waals surface area (Å²) in [6, 6.07) is 7.94. The minimum absolute atomic E-state index is 0.0197. The molecule has 0 spiro atoms. The second kappa shape index (κ2) is 5.85. The molecule has 5 heteroatoms. The van der Waals surface area contributed by atoms with Crippen LogP contribution in [-0.4, -0.2) is 36.3 Å². The highest BCUT2D eigenvalue weighted by atomic mass is 32.1. The molecule has 1 fully saturated rings. The summed E-state index contributed by atoms with van der Waals surface area (Å²) < 4.78 is 1.13. The van der Waals surface area contributed by atoms with Gasteiger partial charge in [-0.2, -0.15) is 0 Å². The average Bonchev–Trinajstić information content (AvgIpc) is 3.11. The number of amides is 2. The van der Waals surface area contributed by atoms with E-state index in [2.05, 4.69) is 5.32 Å². The average molecular weight is 302 g/mol. The number of likely N-dealkylation sites (tertiary alicyclic amines) is 1. The minimum Gasteiger partial charge on any atom is -0.352 e. The zero-order valence-electron chi connectivity index (χ0n) is 12.0. The van der Waals surface area contributed by atoms with Crippen LogP contribution in [0.3, 0.4) is 0 Å². The molecule has 0 bridgehead atoms. The Morgan fingerprint density at radius 3 is 2.95 bits per heavy atom. The molecule has 1 aliphatic rings. The first-order chi connectivity index (χ1) is 10.1. The Hall–Kier alpha value is -1.88. The van der Waals surface area contributed by atoms with Gasteiger partial charge in [0, 0.05) is 42.0 Å². The summed E-state index contributed by atoms with van der Waals surface area (Å²) in [5.74, 6) is 0.462. The molecule has 1 saturated heterocycles. The maximum Gasteiger partial charge on any atom is 0.252 e. The molecule has 1 aromatic carbocycles. The molecule has 21 heavy (non-hydrogen) atoms. The van der Waals surface area contributed by atoms with Gasteiger partial charge in [-0.05, 0) is 18.4 Å². The number of carbonyl (C=O) groups excluding carboxylic acids is 2. The first-order valence-corrected chi connectivity index (χ1v) is 8.03. The molecule has 0 radical (unpaired) electrons. The Morgan fingerprint density at radius 2 is 2.19 bits per heavy atom. The Kier molecular flexibility index (Phi) is 3.92. The Bertz CT molecular complexity index is 680. The molecule has 2 aromatic rings. The van der Waals surface area contributed by atoms with E-state index in [-0.39, 0.29) is 11.8 Å². The van der Waals surface area contributed by atoms with Crippen molar-refractivity contribution in [3.63, 3.8) is 0 Å². The van der Waals surface area contributed by atoms with E-state index >= 15 is 0 Å². The van der Waals surface area contributed by atoms with E-state index in [4.69, 9.17) is 0 Å². The van der Waals surface area contributed by atoms with Crippen LogP contribution < -0.4 is 5.32 Å². The summed E-state index contributed by atoms with van der Waals surface area (Å²) in [6.45, 7) is 3.78. The summed E-state index contributed by atoms with van der Waals surface area (Å²) in [5.41, 5.74) is 0.747. The van der Waals surface area contributed by atoms with Crippen LogP contribution in [0.2, 0.25) is 0 Å². The van der Waals surface area contributed by atoms with Crippen LogP contribution in [-0.2, 0) is 4.79 Å². The Morgan fingerprint density at radius 1 is 1.38 bits per heavy atom. The van der Waals surface area contributed by atoms with Crippen molar-refractivity contribution >= 4 is 33.2 Å². The molecule has 0 saturated carbocycles. The molecule has 0 aliphatic carbocycles. The standard InChI is InChI=1S/C16H18N2O2S/c1-11(19)18-7-6-12(9-18)8-17-16(20)14-10-21-15-5-3-2-4-13(14)15/h2-5,10,12H,6-9H2,1H3,(H,17,20)/t12-/m0/s1. The van der Waals surface area contributed by atoms with Crippen molar-refractivity contribution in [3.8, 4) is 0 Å². The van der Waals surface area contributed by atoms with E-state index in [1.165, 1.54) is 0 Å². The van der Waals surface area contributed by atoms with Crippen molar-refractivity contribution in [2.24, 2.45) is 5.92 Å². The molecular weight excluding hydrogens is 284 g/mol. The third-order valence-electron chi connectivity index (χ3n) is 4.01. The van der Waals surface area contributed by atoms with E-state index in [1.807, 2.05) is 34.5 Å².